The molecule has 4 rings (SSSR count). The van der Waals surface area contributed by atoms with E-state index in [9.17, 15) is 8.42 Å². The summed E-state index contributed by atoms with van der Waals surface area (Å²) in [7, 11) is -3.82. The lowest BCUT2D eigenvalue weighted by atomic mass is 9.77. The van der Waals surface area contributed by atoms with Crippen LogP contribution in [0.2, 0.25) is 0 Å². The van der Waals surface area contributed by atoms with E-state index in [-0.39, 0.29) is 10.8 Å². The number of fused-ring (bicyclic) bond motifs is 1. The average Bonchev–Trinajstić information content (AvgIpc) is 2.68. The van der Waals surface area contributed by atoms with E-state index >= 15 is 0 Å². The Morgan fingerprint density at radius 1 is 0.852 bits per heavy atom. The molecule has 0 radical (unpaired) electrons. The molecule has 2 atom stereocenters. The SMILES string of the molecule is Cc1ccc(S(=O)(=O)O[C@H]2CCc3ccccc3[C@H]2c2ccccc2)cc1. The zero-order chi connectivity index (χ0) is 18.9. The summed E-state index contributed by atoms with van der Waals surface area (Å²) in [5.74, 6) is -0.101. The normalized spacial score (nSPS) is 19.4. The Labute approximate surface area is 160 Å². The second-order valence-electron chi connectivity index (χ2n) is 7.03. The maximum absolute atomic E-state index is 12.9. The van der Waals surface area contributed by atoms with Crippen LogP contribution >= 0.6 is 0 Å². The van der Waals surface area contributed by atoms with E-state index in [1.807, 2.05) is 49.4 Å². The molecular weight excluding hydrogens is 356 g/mol. The zero-order valence-electron chi connectivity index (χ0n) is 15.2. The van der Waals surface area contributed by atoms with Crippen molar-refractivity contribution < 1.29 is 12.6 Å². The van der Waals surface area contributed by atoms with Gasteiger partial charge in [0.15, 0.2) is 0 Å². The molecule has 0 fully saturated rings. The van der Waals surface area contributed by atoms with Crippen LogP contribution in [0.4, 0.5) is 0 Å². The lowest BCUT2D eigenvalue weighted by Crippen LogP contribution is -2.31. The van der Waals surface area contributed by atoms with Crippen molar-refractivity contribution in [1.82, 2.24) is 0 Å². The molecule has 0 unspecified atom stereocenters. The zero-order valence-corrected chi connectivity index (χ0v) is 16.0. The van der Waals surface area contributed by atoms with E-state index in [4.69, 9.17) is 4.18 Å². The monoisotopic (exact) mass is 378 g/mol. The summed E-state index contributed by atoms with van der Waals surface area (Å²) in [5, 5.41) is 0. The van der Waals surface area contributed by atoms with Crippen LogP contribution in [0.15, 0.2) is 83.8 Å². The van der Waals surface area contributed by atoms with E-state index in [0.717, 1.165) is 23.1 Å². The van der Waals surface area contributed by atoms with Crippen molar-refractivity contribution in [3.05, 3.63) is 101 Å². The fourth-order valence-electron chi connectivity index (χ4n) is 3.81. The molecule has 1 aliphatic carbocycles. The van der Waals surface area contributed by atoms with Gasteiger partial charge in [0, 0.05) is 5.92 Å². The first-order valence-electron chi connectivity index (χ1n) is 9.17. The Morgan fingerprint density at radius 2 is 1.52 bits per heavy atom. The second-order valence-corrected chi connectivity index (χ2v) is 8.60. The number of rotatable bonds is 4. The first-order valence-corrected chi connectivity index (χ1v) is 10.6. The fourth-order valence-corrected chi connectivity index (χ4v) is 4.92. The molecule has 0 N–H and O–H groups in total. The molecule has 3 aromatic carbocycles. The van der Waals surface area contributed by atoms with Crippen LogP contribution in [0.5, 0.6) is 0 Å². The third-order valence-electron chi connectivity index (χ3n) is 5.18. The third kappa shape index (κ3) is 3.68. The summed E-state index contributed by atoms with van der Waals surface area (Å²) >= 11 is 0. The van der Waals surface area contributed by atoms with Crippen LogP contribution in [-0.2, 0) is 20.7 Å². The van der Waals surface area contributed by atoms with Crippen LogP contribution in [-0.4, -0.2) is 14.5 Å². The first-order chi connectivity index (χ1) is 13.0. The van der Waals surface area contributed by atoms with Crippen molar-refractivity contribution in [3.63, 3.8) is 0 Å². The highest BCUT2D eigenvalue weighted by atomic mass is 32.2. The molecule has 0 spiro atoms. The molecule has 0 aliphatic heterocycles. The van der Waals surface area contributed by atoms with Crippen LogP contribution in [0.1, 0.15) is 34.6 Å². The van der Waals surface area contributed by atoms with Gasteiger partial charge in [-0.3, -0.25) is 4.18 Å². The largest absolute Gasteiger partial charge is 0.297 e. The summed E-state index contributed by atoms with van der Waals surface area (Å²) in [6, 6.07) is 25.1. The van der Waals surface area contributed by atoms with E-state index < -0.39 is 16.2 Å². The lowest BCUT2D eigenvalue weighted by molar-refractivity contribution is 0.173. The molecule has 3 aromatic rings. The van der Waals surface area contributed by atoms with Gasteiger partial charge in [-0.1, -0.05) is 72.3 Å². The Bertz CT molecular complexity index is 1020. The predicted octanol–water partition coefficient (Wildman–Crippen LogP) is 4.85. The molecule has 3 nitrogen and oxygen atoms in total. The van der Waals surface area contributed by atoms with E-state index in [1.54, 1.807) is 24.3 Å². The summed E-state index contributed by atoms with van der Waals surface area (Å²) in [5.41, 5.74) is 4.51. The molecular formula is C23H22O3S. The van der Waals surface area contributed by atoms with Crippen LogP contribution in [0.3, 0.4) is 0 Å². The predicted molar refractivity (Wildman–Crippen MR) is 106 cm³/mol. The number of hydrogen-bond acceptors (Lipinski definition) is 3. The number of aryl methyl sites for hydroxylation is 2. The quantitative estimate of drug-likeness (QED) is 0.610. The minimum Gasteiger partial charge on any atom is -0.262 e. The Balaban J connectivity index is 1.72. The third-order valence-corrected chi connectivity index (χ3v) is 6.53. The van der Waals surface area contributed by atoms with Crippen molar-refractivity contribution in [2.45, 2.75) is 36.7 Å². The fraction of sp³-hybridized carbons (Fsp3) is 0.217. The maximum Gasteiger partial charge on any atom is 0.297 e. The molecule has 1 aliphatic rings. The molecule has 0 saturated heterocycles. The van der Waals surface area contributed by atoms with E-state index in [1.165, 1.54) is 5.56 Å². The highest BCUT2D eigenvalue weighted by Crippen LogP contribution is 2.39. The van der Waals surface area contributed by atoms with Crippen LogP contribution < -0.4 is 0 Å². The standard InChI is InChI=1S/C23H22O3S/c1-17-11-14-20(15-12-17)27(24,25)26-22-16-13-18-7-5-6-10-21(18)23(22)19-8-3-2-4-9-19/h2-12,14-15,22-23H,13,16H2,1H3/t22-,23+/m0/s1. The van der Waals surface area contributed by atoms with Crippen molar-refractivity contribution in [2.75, 3.05) is 0 Å². The summed E-state index contributed by atoms with van der Waals surface area (Å²) < 4.78 is 31.6. The van der Waals surface area contributed by atoms with Crippen molar-refractivity contribution >= 4 is 10.1 Å². The van der Waals surface area contributed by atoms with Gasteiger partial charge in [-0.25, -0.2) is 0 Å². The van der Waals surface area contributed by atoms with Gasteiger partial charge >= 0.3 is 0 Å². The topological polar surface area (TPSA) is 43.4 Å². The lowest BCUT2D eigenvalue weighted by Gasteiger charge is -2.33. The van der Waals surface area contributed by atoms with Gasteiger partial charge in [0.1, 0.15) is 0 Å². The molecule has 27 heavy (non-hydrogen) atoms. The molecule has 0 amide bonds. The highest BCUT2D eigenvalue weighted by molar-refractivity contribution is 7.86. The average molecular weight is 378 g/mol. The van der Waals surface area contributed by atoms with Gasteiger partial charge in [0.05, 0.1) is 11.0 Å². The van der Waals surface area contributed by atoms with Gasteiger partial charge in [0.25, 0.3) is 10.1 Å². The van der Waals surface area contributed by atoms with Crippen LogP contribution in [0.25, 0.3) is 0 Å². The Hall–Kier alpha value is -2.43. The van der Waals surface area contributed by atoms with E-state index in [2.05, 4.69) is 12.1 Å². The van der Waals surface area contributed by atoms with Crippen molar-refractivity contribution in [3.8, 4) is 0 Å². The van der Waals surface area contributed by atoms with Crippen molar-refractivity contribution in [2.24, 2.45) is 0 Å². The molecule has 0 saturated carbocycles. The molecule has 0 bridgehead atoms. The van der Waals surface area contributed by atoms with Crippen LogP contribution in [0, 0.1) is 6.92 Å². The minimum absolute atomic E-state index is 0.101. The highest BCUT2D eigenvalue weighted by Gasteiger charge is 2.35. The Morgan fingerprint density at radius 3 is 2.26 bits per heavy atom. The van der Waals surface area contributed by atoms with Gasteiger partial charge in [-0.2, -0.15) is 8.42 Å². The molecule has 0 aromatic heterocycles. The maximum atomic E-state index is 12.9. The summed E-state index contributed by atoms with van der Waals surface area (Å²) in [6.07, 6.45) is 1.06. The van der Waals surface area contributed by atoms with Gasteiger partial charge < -0.3 is 0 Å². The second kappa shape index (κ2) is 7.29. The molecule has 4 heteroatoms. The van der Waals surface area contributed by atoms with Gasteiger partial charge in [0.2, 0.25) is 0 Å². The van der Waals surface area contributed by atoms with Gasteiger partial charge in [-0.05, 0) is 48.6 Å². The Kier molecular flexibility index (Phi) is 4.85. The number of hydrogen-bond donors (Lipinski definition) is 0. The minimum atomic E-state index is -3.82. The first kappa shape index (κ1) is 18.0. The molecule has 138 valence electrons. The van der Waals surface area contributed by atoms with Crippen molar-refractivity contribution in [1.29, 1.82) is 0 Å². The van der Waals surface area contributed by atoms with E-state index in [0.29, 0.717) is 6.42 Å². The summed E-state index contributed by atoms with van der Waals surface area (Å²) in [6.45, 7) is 1.93. The smallest absolute Gasteiger partial charge is 0.262 e. The molecule has 0 heterocycles. The van der Waals surface area contributed by atoms with Gasteiger partial charge in [-0.15, -0.1) is 0 Å². The number of benzene rings is 3. The summed E-state index contributed by atoms with van der Waals surface area (Å²) in [4.78, 5) is 0.207.